The van der Waals surface area contributed by atoms with E-state index in [1.165, 1.54) is 12.1 Å². The maximum absolute atomic E-state index is 13.2. The first kappa shape index (κ1) is 15.2. The zero-order chi connectivity index (χ0) is 15.2. The van der Waals surface area contributed by atoms with Gasteiger partial charge in [-0.25, -0.2) is 4.39 Å². The van der Waals surface area contributed by atoms with Crippen LogP contribution in [0.4, 0.5) is 10.1 Å². The summed E-state index contributed by atoms with van der Waals surface area (Å²) in [5.74, 6) is -0.478. The summed E-state index contributed by atoms with van der Waals surface area (Å²) in [6, 6.07) is 15.7. The molecule has 0 aliphatic rings. The first-order chi connectivity index (χ1) is 10.1. The van der Waals surface area contributed by atoms with E-state index in [0.29, 0.717) is 5.69 Å². The summed E-state index contributed by atoms with van der Waals surface area (Å²) in [7, 11) is 0. The molecule has 2 aromatic carbocycles. The van der Waals surface area contributed by atoms with Gasteiger partial charge in [0.15, 0.2) is 0 Å². The molecule has 1 N–H and O–H groups in total. The molecule has 0 fully saturated rings. The number of rotatable bonds is 5. The molecule has 0 saturated heterocycles. The summed E-state index contributed by atoms with van der Waals surface area (Å²) < 4.78 is 13.2. The van der Waals surface area contributed by atoms with Gasteiger partial charge in [0.05, 0.1) is 5.92 Å². The molecule has 0 radical (unpaired) electrons. The number of nitrogens with one attached hydrogen (secondary N) is 1. The van der Waals surface area contributed by atoms with Crippen molar-refractivity contribution in [3.8, 4) is 0 Å². The molecule has 0 unspecified atom stereocenters. The van der Waals surface area contributed by atoms with Gasteiger partial charge < -0.3 is 5.32 Å². The van der Waals surface area contributed by atoms with Crippen LogP contribution in [-0.2, 0) is 4.79 Å². The van der Waals surface area contributed by atoms with E-state index in [1.54, 1.807) is 12.1 Å². The molecule has 0 aliphatic carbocycles. The molecule has 21 heavy (non-hydrogen) atoms. The molecule has 2 rings (SSSR count). The standard InChI is InChI=1S/C18H20FNO/c1-3-13(2)17(14-8-5-4-6-9-14)18(21)20-16-11-7-10-15(19)12-16/h4-13,17H,3H2,1-2H3,(H,20,21)/t13-,17-/m0/s1. The summed E-state index contributed by atoms with van der Waals surface area (Å²) in [4.78, 5) is 12.6. The molecule has 0 spiro atoms. The van der Waals surface area contributed by atoms with Crippen molar-refractivity contribution in [2.75, 3.05) is 5.32 Å². The Kier molecular flexibility index (Phi) is 5.09. The molecular formula is C18H20FNO. The summed E-state index contributed by atoms with van der Waals surface area (Å²) in [5.41, 5.74) is 1.48. The molecule has 0 saturated carbocycles. The fraction of sp³-hybridized carbons (Fsp3) is 0.278. The minimum absolute atomic E-state index is 0.0962. The van der Waals surface area contributed by atoms with Gasteiger partial charge in [0, 0.05) is 5.69 Å². The van der Waals surface area contributed by atoms with Gasteiger partial charge in [0.2, 0.25) is 5.91 Å². The summed E-state index contributed by atoms with van der Waals surface area (Å²) in [6.07, 6.45) is 0.899. The van der Waals surface area contributed by atoms with Crippen LogP contribution in [0.2, 0.25) is 0 Å². The Hall–Kier alpha value is -2.16. The highest BCUT2D eigenvalue weighted by atomic mass is 19.1. The number of benzene rings is 2. The summed E-state index contributed by atoms with van der Waals surface area (Å²) in [6.45, 7) is 4.12. The van der Waals surface area contributed by atoms with Gasteiger partial charge in [0.1, 0.15) is 5.82 Å². The predicted octanol–water partition coefficient (Wildman–Crippen LogP) is 4.59. The molecule has 1 amide bonds. The Labute approximate surface area is 125 Å². The molecule has 2 atom stereocenters. The van der Waals surface area contributed by atoms with Crippen molar-refractivity contribution < 1.29 is 9.18 Å². The van der Waals surface area contributed by atoms with Crippen LogP contribution in [-0.4, -0.2) is 5.91 Å². The largest absolute Gasteiger partial charge is 0.325 e. The number of amides is 1. The highest BCUT2D eigenvalue weighted by Gasteiger charge is 2.25. The second-order valence-corrected chi connectivity index (χ2v) is 5.27. The average molecular weight is 285 g/mol. The number of hydrogen-bond donors (Lipinski definition) is 1. The van der Waals surface area contributed by atoms with Gasteiger partial charge in [-0.1, -0.05) is 56.7 Å². The minimum atomic E-state index is -0.354. The van der Waals surface area contributed by atoms with Crippen molar-refractivity contribution in [1.82, 2.24) is 0 Å². The van der Waals surface area contributed by atoms with Gasteiger partial charge >= 0.3 is 0 Å². The van der Waals surface area contributed by atoms with E-state index < -0.39 is 0 Å². The average Bonchev–Trinajstić information content (AvgIpc) is 2.48. The lowest BCUT2D eigenvalue weighted by atomic mass is 9.85. The van der Waals surface area contributed by atoms with Crippen LogP contribution in [0.25, 0.3) is 0 Å². The molecule has 0 aliphatic heterocycles. The van der Waals surface area contributed by atoms with Crippen LogP contribution >= 0.6 is 0 Å². The molecule has 0 heterocycles. The van der Waals surface area contributed by atoms with Gasteiger partial charge in [0.25, 0.3) is 0 Å². The Balaban J connectivity index is 2.23. The predicted molar refractivity (Wildman–Crippen MR) is 83.7 cm³/mol. The van der Waals surface area contributed by atoms with Crippen molar-refractivity contribution in [3.05, 3.63) is 66.0 Å². The van der Waals surface area contributed by atoms with E-state index in [9.17, 15) is 9.18 Å². The minimum Gasteiger partial charge on any atom is -0.325 e. The Morgan fingerprint density at radius 1 is 1.14 bits per heavy atom. The van der Waals surface area contributed by atoms with Gasteiger partial charge in [-0.3, -0.25) is 4.79 Å². The summed E-state index contributed by atoms with van der Waals surface area (Å²) in [5, 5.41) is 2.82. The van der Waals surface area contributed by atoms with E-state index in [0.717, 1.165) is 12.0 Å². The van der Waals surface area contributed by atoms with Crippen molar-refractivity contribution in [2.45, 2.75) is 26.2 Å². The lowest BCUT2D eigenvalue weighted by molar-refractivity contribution is -0.118. The summed E-state index contributed by atoms with van der Waals surface area (Å²) >= 11 is 0. The highest BCUT2D eigenvalue weighted by Crippen LogP contribution is 2.28. The first-order valence-electron chi connectivity index (χ1n) is 7.23. The smallest absolute Gasteiger partial charge is 0.232 e. The number of hydrogen-bond acceptors (Lipinski definition) is 1. The van der Waals surface area contributed by atoms with E-state index >= 15 is 0 Å². The third kappa shape index (κ3) is 3.91. The molecule has 0 bridgehead atoms. The Bertz CT molecular complexity index is 597. The molecule has 2 aromatic rings. The van der Waals surface area contributed by atoms with E-state index in [1.807, 2.05) is 30.3 Å². The van der Waals surface area contributed by atoms with Gasteiger partial charge in [-0.2, -0.15) is 0 Å². The topological polar surface area (TPSA) is 29.1 Å². The quantitative estimate of drug-likeness (QED) is 0.855. The van der Waals surface area contributed by atoms with Crippen molar-refractivity contribution in [3.63, 3.8) is 0 Å². The second kappa shape index (κ2) is 7.02. The maximum atomic E-state index is 13.2. The van der Waals surface area contributed by atoms with Crippen LogP contribution in [0.1, 0.15) is 31.7 Å². The van der Waals surface area contributed by atoms with Crippen molar-refractivity contribution in [2.24, 2.45) is 5.92 Å². The van der Waals surface area contributed by atoms with E-state index in [-0.39, 0.29) is 23.6 Å². The zero-order valence-electron chi connectivity index (χ0n) is 12.3. The fourth-order valence-corrected chi connectivity index (χ4v) is 2.42. The second-order valence-electron chi connectivity index (χ2n) is 5.27. The number of anilines is 1. The first-order valence-corrected chi connectivity index (χ1v) is 7.23. The fourth-order valence-electron chi connectivity index (χ4n) is 2.42. The number of halogens is 1. The molecular weight excluding hydrogens is 265 g/mol. The van der Waals surface area contributed by atoms with Crippen LogP contribution in [0.5, 0.6) is 0 Å². The molecule has 0 aromatic heterocycles. The van der Waals surface area contributed by atoms with Crippen LogP contribution in [0.15, 0.2) is 54.6 Å². The molecule has 2 nitrogen and oxygen atoms in total. The number of carbonyl (C=O) groups is 1. The van der Waals surface area contributed by atoms with E-state index in [4.69, 9.17) is 0 Å². The Morgan fingerprint density at radius 2 is 1.86 bits per heavy atom. The molecule has 3 heteroatoms. The number of carbonyl (C=O) groups excluding carboxylic acids is 1. The third-order valence-corrected chi connectivity index (χ3v) is 3.75. The van der Waals surface area contributed by atoms with Gasteiger partial charge in [-0.15, -0.1) is 0 Å². The third-order valence-electron chi connectivity index (χ3n) is 3.75. The monoisotopic (exact) mass is 285 g/mol. The lowest BCUT2D eigenvalue weighted by Crippen LogP contribution is -2.26. The molecule has 110 valence electrons. The lowest BCUT2D eigenvalue weighted by Gasteiger charge is -2.22. The van der Waals surface area contributed by atoms with Crippen molar-refractivity contribution in [1.29, 1.82) is 0 Å². The normalized spacial score (nSPS) is 13.5. The van der Waals surface area contributed by atoms with E-state index in [2.05, 4.69) is 19.2 Å². The van der Waals surface area contributed by atoms with Crippen LogP contribution in [0.3, 0.4) is 0 Å². The van der Waals surface area contributed by atoms with Crippen LogP contribution < -0.4 is 5.32 Å². The van der Waals surface area contributed by atoms with Gasteiger partial charge in [-0.05, 0) is 29.7 Å². The maximum Gasteiger partial charge on any atom is 0.232 e. The Morgan fingerprint density at radius 3 is 2.48 bits per heavy atom. The van der Waals surface area contributed by atoms with Crippen molar-refractivity contribution >= 4 is 11.6 Å². The zero-order valence-corrected chi connectivity index (χ0v) is 12.3. The van der Waals surface area contributed by atoms with Crippen LogP contribution in [0, 0.1) is 11.7 Å². The SMILES string of the molecule is CC[C@H](C)[C@H](C(=O)Nc1cccc(F)c1)c1ccccc1. The highest BCUT2D eigenvalue weighted by molar-refractivity contribution is 5.96.